The minimum absolute atomic E-state index is 0.109. The molecule has 0 saturated heterocycles. The number of hydrogen-bond donors (Lipinski definition) is 0. The second kappa shape index (κ2) is 9.87. The quantitative estimate of drug-likeness (QED) is 0.325. The van der Waals surface area contributed by atoms with Gasteiger partial charge in [0, 0.05) is 0 Å². The van der Waals surface area contributed by atoms with Gasteiger partial charge in [-0.2, -0.15) is 0 Å². The van der Waals surface area contributed by atoms with E-state index in [9.17, 15) is 4.79 Å². The van der Waals surface area contributed by atoms with E-state index in [4.69, 9.17) is 9.47 Å². The van der Waals surface area contributed by atoms with Crippen LogP contribution in [-0.2, 0) is 4.79 Å². The monoisotopic (exact) mass is 340 g/mol. The van der Waals surface area contributed by atoms with E-state index in [2.05, 4.69) is 6.92 Å². The lowest BCUT2D eigenvalue weighted by Gasteiger charge is -2.14. The van der Waals surface area contributed by atoms with E-state index < -0.39 is 0 Å². The van der Waals surface area contributed by atoms with Gasteiger partial charge in [-0.25, -0.2) is 0 Å². The smallest absolute Gasteiger partial charge is 0.314 e. The third kappa shape index (κ3) is 5.63. The standard InChI is InChI=1S/C22H28O3/c1-4-5-6-8-11-17(2)22(23)25-21-16-19(14-15-20(21)24-3)18-12-9-7-10-13-18/h7,9-10,12-17H,4-6,8,11H2,1-3H3/t17-/m0/s1. The molecular weight excluding hydrogens is 312 g/mol. The van der Waals surface area contributed by atoms with Crippen LogP contribution in [0.4, 0.5) is 0 Å². The summed E-state index contributed by atoms with van der Waals surface area (Å²) in [6.45, 7) is 4.12. The molecule has 3 heteroatoms. The molecule has 0 bridgehead atoms. The second-order valence-corrected chi connectivity index (χ2v) is 6.40. The first kappa shape index (κ1) is 19.0. The van der Waals surface area contributed by atoms with Gasteiger partial charge in [-0.15, -0.1) is 0 Å². The number of ether oxygens (including phenoxy) is 2. The van der Waals surface area contributed by atoms with Gasteiger partial charge in [-0.05, 0) is 29.7 Å². The van der Waals surface area contributed by atoms with Gasteiger partial charge >= 0.3 is 5.97 Å². The minimum Gasteiger partial charge on any atom is -0.493 e. The summed E-state index contributed by atoms with van der Waals surface area (Å²) < 4.78 is 11.0. The summed E-state index contributed by atoms with van der Waals surface area (Å²) in [5.74, 6) is 0.752. The molecule has 0 fully saturated rings. The molecule has 0 spiro atoms. The van der Waals surface area contributed by atoms with Crippen molar-refractivity contribution in [3.05, 3.63) is 48.5 Å². The molecule has 0 N–H and O–H groups in total. The third-order valence-corrected chi connectivity index (χ3v) is 4.37. The summed E-state index contributed by atoms with van der Waals surface area (Å²) in [7, 11) is 1.59. The number of benzene rings is 2. The van der Waals surface area contributed by atoms with Crippen molar-refractivity contribution >= 4 is 5.97 Å². The number of carbonyl (C=O) groups is 1. The summed E-state index contributed by atoms with van der Waals surface area (Å²) in [5.41, 5.74) is 2.08. The molecule has 0 aromatic heterocycles. The van der Waals surface area contributed by atoms with Crippen LogP contribution in [0.2, 0.25) is 0 Å². The number of esters is 1. The van der Waals surface area contributed by atoms with E-state index in [0.29, 0.717) is 11.5 Å². The van der Waals surface area contributed by atoms with Crippen molar-refractivity contribution in [3.8, 4) is 22.6 Å². The highest BCUT2D eigenvalue weighted by molar-refractivity contribution is 5.77. The van der Waals surface area contributed by atoms with Crippen LogP contribution in [0.25, 0.3) is 11.1 Å². The predicted octanol–water partition coefficient (Wildman–Crippen LogP) is 5.87. The van der Waals surface area contributed by atoms with Crippen LogP contribution in [0.1, 0.15) is 46.0 Å². The Kier molecular flexibility index (Phi) is 7.52. The highest BCUT2D eigenvalue weighted by Crippen LogP contribution is 2.33. The van der Waals surface area contributed by atoms with Crippen molar-refractivity contribution in [1.29, 1.82) is 0 Å². The van der Waals surface area contributed by atoms with Crippen molar-refractivity contribution in [2.45, 2.75) is 46.0 Å². The maximum absolute atomic E-state index is 12.4. The Hall–Kier alpha value is -2.29. The average Bonchev–Trinajstić information content (AvgIpc) is 2.65. The maximum atomic E-state index is 12.4. The minimum atomic E-state index is -0.194. The Labute approximate surface area is 151 Å². The zero-order valence-corrected chi connectivity index (χ0v) is 15.5. The highest BCUT2D eigenvalue weighted by Gasteiger charge is 2.17. The number of carbonyl (C=O) groups excluding carboxylic acids is 1. The summed E-state index contributed by atoms with van der Waals surface area (Å²) in [6.07, 6.45) is 5.50. The number of methoxy groups -OCH3 is 1. The van der Waals surface area contributed by atoms with Crippen molar-refractivity contribution in [1.82, 2.24) is 0 Å². The highest BCUT2D eigenvalue weighted by atomic mass is 16.6. The Bertz CT molecular complexity index is 664. The first-order valence-corrected chi connectivity index (χ1v) is 9.10. The van der Waals surface area contributed by atoms with Gasteiger partial charge in [-0.3, -0.25) is 4.79 Å². The summed E-state index contributed by atoms with van der Waals surface area (Å²) in [6, 6.07) is 15.7. The van der Waals surface area contributed by atoms with Crippen LogP contribution in [0.3, 0.4) is 0 Å². The maximum Gasteiger partial charge on any atom is 0.314 e. The normalized spacial score (nSPS) is 11.8. The first-order chi connectivity index (χ1) is 12.2. The predicted molar refractivity (Wildman–Crippen MR) is 102 cm³/mol. The van der Waals surface area contributed by atoms with Crippen LogP contribution in [0.15, 0.2) is 48.5 Å². The van der Waals surface area contributed by atoms with E-state index in [0.717, 1.165) is 24.0 Å². The zero-order chi connectivity index (χ0) is 18.1. The molecule has 2 aromatic rings. The van der Waals surface area contributed by atoms with Crippen LogP contribution >= 0.6 is 0 Å². The third-order valence-electron chi connectivity index (χ3n) is 4.37. The largest absolute Gasteiger partial charge is 0.493 e. The number of rotatable bonds is 9. The Morgan fingerprint density at radius 2 is 1.72 bits per heavy atom. The zero-order valence-electron chi connectivity index (χ0n) is 15.5. The van der Waals surface area contributed by atoms with Gasteiger partial charge in [0.05, 0.1) is 13.0 Å². The van der Waals surface area contributed by atoms with E-state index in [1.165, 1.54) is 19.3 Å². The van der Waals surface area contributed by atoms with Crippen molar-refractivity contribution in [2.75, 3.05) is 7.11 Å². The van der Waals surface area contributed by atoms with Crippen LogP contribution in [-0.4, -0.2) is 13.1 Å². The van der Waals surface area contributed by atoms with E-state index in [1.807, 2.05) is 55.5 Å². The first-order valence-electron chi connectivity index (χ1n) is 9.10. The Morgan fingerprint density at radius 3 is 2.40 bits per heavy atom. The Morgan fingerprint density at radius 1 is 0.960 bits per heavy atom. The lowest BCUT2D eigenvalue weighted by atomic mass is 10.0. The van der Waals surface area contributed by atoms with Crippen molar-refractivity contribution in [3.63, 3.8) is 0 Å². The van der Waals surface area contributed by atoms with Gasteiger partial charge < -0.3 is 9.47 Å². The number of hydrogen-bond acceptors (Lipinski definition) is 3. The summed E-state index contributed by atoms with van der Waals surface area (Å²) in [4.78, 5) is 12.4. The van der Waals surface area contributed by atoms with Gasteiger partial charge in [0.25, 0.3) is 0 Å². The fourth-order valence-electron chi connectivity index (χ4n) is 2.77. The summed E-state index contributed by atoms with van der Waals surface area (Å²) >= 11 is 0. The molecule has 2 aromatic carbocycles. The molecule has 134 valence electrons. The fourth-order valence-corrected chi connectivity index (χ4v) is 2.77. The molecule has 0 radical (unpaired) electrons. The van der Waals surface area contributed by atoms with E-state index in [-0.39, 0.29) is 11.9 Å². The van der Waals surface area contributed by atoms with Gasteiger partial charge in [0.15, 0.2) is 11.5 Å². The SMILES string of the molecule is CCCCCC[C@H](C)C(=O)Oc1cc(-c2ccccc2)ccc1OC. The molecule has 0 saturated carbocycles. The average molecular weight is 340 g/mol. The lowest BCUT2D eigenvalue weighted by Crippen LogP contribution is -2.18. The van der Waals surface area contributed by atoms with Crippen LogP contribution in [0, 0.1) is 5.92 Å². The topological polar surface area (TPSA) is 35.5 Å². The summed E-state index contributed by atoms with van der Waals surface area (Å²) in [5, 5.41) is 0. The lowest BCUT2D eigenvalue weighted by molar-refractivity contribution is -0.138. The Balaban J connectivity index is 2.08. The molecule has 0 amide bonds. The molecular formula is C22H28O3. The molecule has 0 aliphatic rings. The molecule has 0 aliphatic heterocycles. The van der Waals surface area contributed by atoms with Crippen LogP contribution in [0.5, 0.6) is 11.5 Å². The van der Waals surface area contributed by atoms with Gasteiger partial charge in [0.1, 0.15) is 0 Å². The molecule has 1 atom stereocenters. The molecule has 3 nitrogen and oxygen atoms in total. The van der Waals surface area contributed by atoms with Gasteiger partial charge in [0.2, 0.25) is 0 Å². The van der Waals surface area contributed by atoms with Gasteiger partial charge in [-0.1, -0.05) is 75.9 Å². The molecule has 25 heavy (non-hydrogen) atoms. The van der Waals surface area contributed by atoms with E-state index >= 15 is 0 Å². The van der Waals surface area contributed by atoms with E-state index in [1.54, 1.807) is 7.11 Å². The molecule has 2 rings (SSSR count). The molecule has 0 heterocycles. The molecule has 0 aliphatic carbocycles. The van der Waals surface area contributed by atoms with Crippen molar-refractivity contribution < 1.29 is 14.3 Å². The number of unbranched alkanes of at least 4 members (excludes halogenated alkanes) is 3. The van der Waals surface area contributed by atoms with Crippen LogP contribution < -0.4 is 9.47 Å². The molecule has 0 unspecified atom stereocenters. The second-order valence-electron chi connectivity index (χ2n) is 6.40. The fraction of sp³-hybridized carbons (Fsp3) is 0.409. The van der Waals surface area contributed by atoms with Crippen molar-refractivity contribution in [2.24, 2.45) is 5.92 Å².